The van der Waals surface area contributed by atoms with E-state index >= 15 is 0 Å². The van der Waals surface area contributed by atoms with Gasteiger partial charge in [-0.05, 0) is 37.0 Å². The summed E-state index contributed by atoms with van der Waals surface area (Å²) in [6, 6.07) is 6.00. The molecule has 166 valence electrons. The van der Waals surface area contributed by atoms with E-state index in [0.717, 1.165) is 58.6 Å². The van der Waals surface area contributed by atoms with E-state index in [9.17, 15) is 9.59 Å². The first-order valence-corrected chi connectivity index (χ1v) is 10.6. The Balaban J connectivity index is 1.44. The molecule has 9 nitrogen and oxygen atoms in total. The zero-order chi connectivity index (χ0) is 22.2. The molecule has 2 N–H and O–H groups in total. The Morgan fingerprint density at radius 2 is 2.19 bits per heavy atom. The summed E-state index contributed by atoms with van der Waals surface area (Å²) in [5.74, 6) is 0.507. The third-order valence-electron chi connectivity index (χ3n) is 5.96. The SMILES string of the molecule is COc1cocc1-c1n[nH]c2c1CCCc1cc(N3C[C@H](CNC(C)=O)OC3=O)ccc1-2. The van der Waals surface area contributed by atoms with Gasteiger partial charge in [0.05, 0.1) is 31.5 Å². The molecule has 2 amide bonds. The number of aromatic amines is 1. The molecule has 3 aromatic rings. The van der Waals surface area contributed by atoms with Crippen molar-refractivity contribution in [2.75, 3.05) is 25.1 Å². The number of furan rings is 1. The summed E-state index contributed by atoms with van der Waals surface area (Å²) in [4.78, 5) is 25.2. The summed E-state index contributed by atoms with van der Waals surface area (Å²) >= 11 is 0. The van der Waals surface area contributed by atoms with Crippen LogP contribution in [0.5, 0.6) is 5.75 Å². The molecule has 3 heterocycles. The number of carbonyl (C=O) groups excluding carboxylic acids is 2. The summed E-state index contributed by atoms with van der Waals surface area (Å²) in [7, 11) is 1.61. The average Bonchev–Trinajstić information content (AvgIpc) is 3.47. The number of aryl methyl sites for hydroxylation is 1. The molecule has 1 aliphatic heterocycles. The van der Waals surface area contributed by atoms with E-state index < -0.39 is 6.09 Å². The van der Waals surface area contributed by atoms with Gasteiger partial charge >= 0.3 is 6.09 Å². The maximum atomic E-state index is 12.4. The second-order valence-corrected chi connectivity index (χ2v) is 8.03. The Morgan fingerprint density at radius 1 is 1.31 bits per heavy atom. The third-order valence-corrected chi connectivity index (χ3v) is 5.96. The van der Waals surface area contributed by atoms with Gasteiger partial charge in [0.1, 0.15) is 24.3 Å². The van der Waals surface area contributed by atoms with Gasteiger partial charge in [-0.1, -0.05) is 6.07 Å². The molecule has 0 bridgehead atoms. The smallest absolute Gasteiger partial charge is 0.414 e. The number of anilines is 1. The van der Waals surface area contributed by atoms with Crippen LogP contribution in [-0.4, -0.2) is 48.5 Å². The zero-order valence-electron chi connectivity index (χ0n) is 17.9. The summed E-state index contributed by atoms with van der Waals surface area (Å²) in [5.41, 5.74) is 6.79. The van der Waals surface area contributed by atoms with E-state index in [1.54, 1.807) is 24.5 Å². The topological polar surface area (TPSA) is 110 Å². The third kappa shape index (κ3) is 3.49. The Hall–Kier alpha value is -3.75. The van der Waals surface area contributed by atoms with Crippen molar-refractivity contribution in [2.45, 2.75) is 32.3 Å². The van der Waals surface area contributed by atoms with Gasteiger partial charge in [0, 0.05) is 23.7 Å². The van der Waals surface area contributed by atoms with Gasteiger partial charge in [-0.15, -0.1) is 0 Å². The summed E-state index contributed by atoms with van der Waals surface area (Å²) in [6.45, 7) is 2.15. The minimum absolute atomic E-state index is 0.146. The quantitative estimate of drug-likeness (QED) is 0.635. The first kappa shape index (κ1) is 20.2. The Labute approximate surface area is 184 Å². The molecule has 1 aliphatic carbocycles. The van der Waals surface area contributed by atoms with Crippen LogP contribution in [0.25, 0.3) is 22.5 Å². The van der Waals surface area contributed by atoms with E-state index in [2.05, 4.69) is 15.5 Å². The number of methoxy groups -OCH3 is 1. The zero-order valence-corrected chi connectivity index (χ0v) is 17.9. The summed E-state index contributed by atoms with van der Waals surface area (Å²) in [6.07, 6.45) is 5.16. The van der Waals surface area contributed by atoms with E-state index in [1.807, 2.05) is 18.2 Å². The van der Waals surface area contributed by atoms with Crippen molar-refractivity contribution in [3.05, 3.63) is 41.9 Å². The van der Waals surface area contributed by atoms with Gasteiger partial charge < -0.3 is 19.2 Å². The minimum atomic E-state index is -0.398. The Morgan fingerprint density at radius 3 is 3.00 bits per heavy atom. The molecule has 1 atom stereocenters. The molecule has 2 aromatic heterocycles. The van der Waals surface area contributed by atoms with Crippen molar-refractivity contribution in [1.29, 1.82) is 0 Å². The highest BCUT2D eigenvalue weighted by atomic mass is 16.6. The van der Waals surface area contributed by atoms with Crippen molar-refractivity contribution >= 4 is 17.7 Å². The normalized spacial score (nSPS) is 17.4. The lowest BCUT2D eigenvalue weighted by atomic mass is 10.00. The van der Waals surface area contributed by atoms with E-state index in [-0.39, 0.29) is 12.0 Å². The lowest BCUT2D eigenvalue weighted by molar-refractivity contribution is -0.119. The lowest BCUT2D eigenvalue weighted by Gasteiger charge is -2.16. The van der Waals surface area contributed by atoms with Crippen molar-refractivity contribution < 1.29 is 23.5 Å². The fourth-order valence-electron chi connectivity index (χ4n) is 4.42. The number of H-pyrrole nitrogens is 1. The number of ether oxygens (including phenoxy) is 2. The number of aromatic nitrogens is 2. The molecule has 5 rings (SSSR count). The Kier molecular flexibility index (Phi) is 5.08. The number of amides is 2. The number of rotatable bonds is 5. The molecule has 2 aliphatic rings. The number of nitrogens with zero attached hydrogens (tertiary/aromatic N) is 2. The molecule has 0 spiro atoms. The minimum Gasteiger partial charge on any atom is -0.493 e. The first-order valence-electron chi connectivity index (χ1n) is 10.6. The number of carbonyl (C=O) groups is 2. The van der Waals surface area contributed by atoms with Crippen LogP contribution < -0.4 is 15.0 Å². The van der Waals surface area contributed by atoms with Crippen LogP contribution in [0.1, 0.15) is 24.5 Å². The van der Waals surface area contributed by atoms with Crippen LogP contribution in [0.3, 0.4) is 0 Å². The lowest BCUT2D eigenvalue weighted by Crippen LogP contribution is -2.33. The van der Waals surface area contributed by atoms with Crippen LogP contribution in [0.4, 0.5) is 10.5 Å². The maximum absolute atomic E-state index is 12.4. The average molecular weight is 436 g/mol. The molecule has 0 radical (unpaired) electrons. The van der Waals surface area contributed by atoms with Crippen molar-refractivity contribution in [2.24, 2.45) is 0 Å². The van der Waals surface area contributed by atoms with Crippen LogP contribution in [-0.2, 0) is 22.4 Å². The molecule has 1 fully saturated rings. The van der Waals surface area contributed by atoms with E-state index in [0.29, 0.717) is 18.8 Å². The number of benzene rings is 1. The maximum Gasteiger partial charge on any atom is 0.414 e. The predicted molar refractivity (Wildman–Crippen MR) is 117 cm³/mol. The Bertz CT molecular complexity index is 1180. The second kappa shape index (κ2) is 8.07. The van der Waals surface area contributed by atoms with Gasteiger partial charge in [0.25, 0.3) is 0 Å². The molecule has 9 heteroatoms. The molecule has 0 unspecified atom stereocenters. The summed E-state index contributed by atoms with van der Waals surface area (Å²) in [5, 5.41) is 10.5. The van der Waals surface area contributed by atoms with Gasteiger partial charge in [-0.25, -0.2) is 4.79 Å². The van der Waals surface area contributed by atoms with Gasteiger partial charge in [-0.2, -0.15) is 5.10 Å². The fourth-order valence-corrected chi connectivity index (χ4v) is 4.42. The van der Waals surface area contributed by atoms with Gasteiger partial charge in [0.2, 0.25) is 5.91 Å². The van der Waals surface area contributed by atoms with Crippen LogP contribution >= 0.6 is 0 Å². The molecule has 1 aromatic carbocycles. The largest absolute Gasteiger partial charge is 0.493 e. The van der Waals surface area contributed by atoms with Crippen molar-refractivity contribution in [1.82, 2.24) is 15.5 Å². The van der Waals surface area contributed by atoms with Gasteiger partial charge in [0.15, 0.2) is 5.75 Å². The first-order chi connectivity index (χ1) is 15.5. The standard InChI is InChI=1S/C23H24N4O5/c1-13(28)24-9-16-10-27(23(29)32-16)15-6-7-17-14(8-15)4-3-5-18-21(17)25-26-22(18)19-11-31-12-20(19)30-2/h6-8,11-12,16H,3-5,9-10H2,1-2H3,(H,24,28)(H,25,26)/t16-/m0/s1. The highest BCUT2D eigenvalue weighted by Gasteiger charge is 2.33. The predicted octanol–water partition coefficient (Wildman–Crippen LogP) is 3.30. The molecule has 1 saturated heterocycles. The van der Waals surface area contributed by atoms with Crippen LogP contribution in [0, 0.1) is 0 Å². The van der Waals surface area contributed by atoms with Gasteiger partial charge in [-0.3, -0.25) is 14.8 Å². The van der Waals surface area contributed by atoms with E-state index in [1.165, 1.54) is 6.92 Å². The highest BCUT2D eigenvalue weighted by molar-refractivity contribution is 5.91. The number of cyclic esters (lactones) is 1. The van der Waals surface area contributed by atoms with Crippen LogP contribution in [0.2, 0.25) is 0 Å². The van der Waals surface area contributed by atoms with Crippen molar-refractivity contribution in [3.63, 3.8) is 0 Å². The van der Waals surface area contributed by atoms with Crippen LogP contribution in [0.15, 0.2) is 35.1 Å². The van der Waals surface area contributed by atoms with Crippen molar-refractivity contribution in [3.8, 4) is 28.3 Å². The molecular weight excluding hydrogens is 412 g/mol. The molecular formula is C23H24N4O5. The number of fused-ring (bicyclic) bond motifs is 3. The number of nitrogens with one attached hydrogen (secondary N) is 2. The summed E-state index contributed by atoms with van der Waals surface area (Å²) < 4.78 is 16.1. The fraction of sp³-hybridized carbons (Fsp3) is 0.348. The number of hydrogen-bond donors (Lipinski definition) is 2. The highest BCUT2D eigenvalue weighted by Crippen LogP contribution is 2.40. The van der Waals surface area contributed by atoms with E-state index in [4.69, 9.17) is 13.9 Å². The second-order valence-electron chi connectivity index (χ2n) is 8.03. The molecule has 32 heavy (non-hydrogen) atoms. The molecule has 0 saturated carbocycles. The monoisotopic (exact) mass is 436 g/mol. The number of hydrogen-bond acceptors (Lipinski definition) is 6.